The molecule has 0 saturated carbocycles. The van der Waals surface area contributed by atoms with Gasteiger partial charge in [0.1, 0.15) is 0 Å². The van der Waals surface area contributed by atoms with Crippen molar-refractivity contribution in [2.75, 3.05) is 0 Å². The summed E-state index contributed by atoms with van der Waals surface area (Å²) in [6.07, 6.45) is 3.17. The highest BCUT2D eigenvalue weighted by molar-refractivity contribution is 7.33. The van der Waals surface area contributed by atoms with Crippen molar-refractivity contribution in [2.24, 2.45) is 0 Å². The molecule has 0 bridgehead atoms. The molecule has 0 aliphatic rings. The first-order valence-electron chi connectivity index (χ1n) is 4.41. The van der Waals surface area contributed by atoms with Crippen LogP contribution in [0.25, 0.3) is 0 Å². The van der Waals surface area contributed by atoms with E-state index in [1.165, 1.54) is 0 Å². The lowest BCUT2D eigenvalue weighted by Crippen LogP contribution is -2.21. The Balaban J connectivity index is 4.25. The average Bonchev–Trinajstić information content (AvgIpc) is 2.02. The lowest BCUT2D eigenvalue weighted by Gasteiger charge is -2.25. The summed E-state index contributed by atoms with van der Waals surface area (Å²) in [6, 6.07) is 0. The standard InChI is InChI=1S/C10H19O3P/c1-7-9(3,4)12-14(11)13-10(5,6)8-2/h7-8,14H,1-2H2,3-6H3. The van der Waals surface area contributed by atoms with Gasteiger partial charge in [-0.15, -0.1) is 13.2 Å². The maximum absolute atomic E-state index is 11.4. The summed E-state index contributed by atoms with van der Waals surface area (Å²) in [5, 5.41) is 0. The van der Waals surface area contributed by atoms with E-state index in [0.717, 1.165) is 0 Å². The predicted molar refractivity (Wildman–Crippen MR) is 59.7 cm³/mol. The van der Waals surface area contributed by atoms with Crippen LogP contribution >= 0.6 is 8.25 Å². The highest BCUT2D eigenvalue weighted by atomic mass is 31.1. The fourth-order valence-electron chi connectivity index (χ4n) is 0.534. The maximum atomic E-state index is 11.4. The zero-order chi connectivity index (χ0) is 11.4. The van der Waals surface area contributed by atoms with Crippen molar-refractivity contribution in [3.8, 4) is 0 Å². The van der Waals surface area contributed by atoms with Gasteiger partial charge in [0.15, 0.2) is 0 Å². The second kappa shape index (κ2) is 4.92. The molecule has 0 aromatic carbocycles. The van der Waals surface area contributed by atoms with E-state index in [9.17, 15) is 4.57 Å². The smallest absolute Gasteiger partial charge is 0.300 e. The Morgan fingerprint density at radius 2 is 1.29 bits per heavy atom. The zero-order valence-electron chi connectivity index (χ0n) is 9.29. The third kappa shape index (κ3) is 5.38. The molecule has 82 valence electrons. The largest absolute Gasteiger partial charge is 0.320 e. The van der Waals surface area contributed by atoms with E-state index in [2.05, 4.69) is 13.2 Å². The Morgan fingerprint density at radius 3 is 1.50 bits per heavy atom. The monoisotopic (exact) mass is 218 g/mol. The van der Waals surface area contributed by atoms with Gasteiger partial charge < -0.3 is 9.05 Å². The second-order valence-electron chi connectivity index (χ2n) is 4.07. The van der Waals surface area contributed by atoms with E-state index >= 15 is 0 Å². The van der Waals surface area contributed by atoms with Gasteiger partial charge in [0.2, 0.25) is 0 Å². The van der Waals surface area contributed by atoms with Crippen LogP contribution in [0.5, 0.6) is 0 Å². The van der Waals surface area contributed by atoms with Crippen LogP contribution in [-0.2, 0) is 13.6 Å². The first-order chi connectivity index (χ1) is 6.22. The summed E-state index contributed by atoms with van der Waals surface area (Å²) in [4.78, 5) is 0. The Hall–Kier alpha value is -0.370. The van der Waals surface area contributed by atoms with Crippen LogP contribution in [0.3, 0.4) is 0 Å². The molecule has 0 unspecified atom stereocenters. The zero-order valence-corrected chi connectivity index (χ0v) is 10.3. The Kier molecular flexibility index (Phi) is 4.79. The third-order valence-corrected chi connectivity index (χ3v) is 3.06. The van der Waals surface area contributed by atoms with Crippen molar-refractivity contribution in [1.82, 2.24) is 0 Å². The maximum Gasteiger partial charge on any atom is 0.320 e. The minimum absolute atomic E-state index is 0.632. The fourth-order valence-corrected chi connectivity index (χ4v) is 1.60. The SMILES string of the molecule is C=CC(C)(C)O[PH](=O)OC(C)(C)C=C. The van der Waals surface area contributed by atoms with Gasteiger partial charge in [-0.2, -0.15) is 0 Å². The molecule has 0 rings (SSSR count). The highest BCUT2D eigenvalue weighted by Gasteiger charge is 2.22. The molecule has 4 heteroatoms. The van der Waals surface area contributed by atoms with Crippen LogP contribution in [0.1, 0.15) is 27.7 Å². The molecule has 0 aliphatic carbocycles. The van der Waals surface area contributed by atoms with E-state index in [0.29, 0.717) is 0 Å². The van der Waals surface area contributed by atoms with Crippen LogP contribution in [0.2, 0.25) is 0 Å². The van der Waals surface area contributed by atoms with E-state index in [4.69, 9.17) is 9.05 Å². The molecule has 0 fully saturated rings. The van der Waals surface area contributed by atoms with Gasteiger partial charge in [0.25, 0.3) is 0 Å². The van der Waals surface area contributed by atoms with Crippen LogP contribution in [-0.4, -0.2) is 11.2 Å². The third-order valence-electron chi connectivity index (χ3n) is 1.68. The Bertz CT molecular complexity index is 220. The lowest BCUT2D eigenvalue weighted by molar-refractivity contribution is 0.0907. The van der Waals surface area contributed by atoms with Crippen molar-refractivity contribution in [2.45, 2.75) is 38.9 Å². The first-order valence-corrected chi connectivity index (χ1v) is 5.64. The van der Waals surface area contributed by atoms with Crippen molar-refractivity contribution >= 4 is 8.25 Å². The molecule has 0 aromatic heterocycles. The number of hydrogen-bond donors (Lipinski definition) is 0. The fraction of sp³-hybridized carbons (Fsp3) is 0.600. The molecule has 0 aromatic rings. The van der Waals surface area contributed by atoms with Gasteiger partial charge in [-0.05, 0) is 27.7 Å². The molecule has 0 amide bonds. The Labute approximate surface area is 86.7 Å². The van der Waals surface area contributed by atoms with E-state index in [1.807, 2.05) is 0 Å². The molecule has 0 atom stereocenters. The van der Waals surface area contributed by atoms with Crippen molar-refractivity contribution < 1.29 is 13.6 Å². The molecule has 0 aliphatic heterocycles. The normalized spacial score (nSPS) is 12.9. The second-order valence-corrected chi connectivity index (χ2v) is 4.98. The molecule has 3 nitrogen and oxygen atoms in total. The molecule has 0 heterocycles. The van der Waals surface area contributed by atoms with Gasteiger partial charge >= 0.3 is 8.25 Å². The molecule has 14 heavy (non-hydrogen) atoms. The number of rotatable bonds is 6. The van der Waals surface area contributed by atoms with E-state index < -0.39 is 19.5 Å². The predicted octanol–water partition coefficient (Wildman–Crippen LogP) is 3.34. The van der Waals surface area contributed by atoms with E-state index in [1.54, 1.807) is 39.8 Å². The van der Waals surface area contributed by atoms with Crippen LogP contribution in [0.15, 0.2) is 25.3 Å². The van der Waals surface area contributed by atoms with Gasteiger partial charge in [0.05, 0.1) is 11.2 Å². The van der Waals surface area contributed by atoms with Gasteiger partial charge in [-0.1, -0.05) is 12.2 Å². The highest BCUT2D eigenvalue weighted by Crippen LogP contribution is 2.36. The van der Waals surface area contributed by atoms with Crippen molar-refractivity contribution in [3.05, 3.63) is 25.3 Å². The van der Waals surface area contributed by atoms with Crippen molar-refractivity contribution in [3.63, 3.8) is 0 Å². The first kappa shape index (κ1) is 13.6. The summed E-state index contributed by atoms with van der Waals surface area (Å²) in [6.45, 7) is 14.2. The van der Waals surface area contributed by atoms with Gasteiger partial charge in [-0.3, -0.25) is 4.57 Å². The topological polar surface area (TPSA) is 35.5 Å². The molecule has 0 radical (unpaired) electrons. The van der Waals surface area contributed by atoms with E-state index in [-0.39, 0.29) is 0 Å². The van der Waals surface area contributed by atoms with Crippen LogP contribution in [0.4, 0.5) is 0 Å². The summed E-state index contributed by atoms with van der Waals surface area (Å²) >= 11 is 0. The minimum Gasteiger partial charge on any atom is -0.300 e. The molecule has 0 spiro atoms. The summed E-state index contributed by atoms with van der Waals surface area (Å²) < 4.78 is 21.8. The molecular formula is C10H19O3P. The summed E-state index contributed by atoms with van der Waals surface area (Å²) in [5.74, 6) is 0. The molecule has 0 N–H and O–H groups in total. The van der Waals surface area contributed by atoms with Gasteiger partial charge in [-0.25, -0.2) is 0 Å². The van der Waals surface area contributed by atoms with Crippen molar-refractivity contribution in [1.29, 1.82) is 0 Å². The number of hydrogen-bond acceptors (Lipinski definition) is 3. The lowest BCUT2D eigenvalue weighted by atomic mass is 10.1. The Morgan fingerprint density at radius 1 is 1.00 bits per heavy atom. The molecular weight excluding hydrogens is 199 g/mol. The summed E-state index contributed by atoms with van der Waals surface area (Å²) in [5.41, 5.74) is -1.26. The van der Waals surface area contributed by atoms with Crippen LogP contribution in [0, 0.1) is 0 Å². The summed E-state index contributed by atoms with van der Waals surface area (Å²) in [7, 11) is -2.52. The average molecular weight is 218 g/mol. The molecule has 0 saturated heterocycles. The quantitative estimate of drug-likeness (QED) is 0.506. The van der Waals surface area contributed by atoms with Crippen LogP contribution < -0.4 is 0 Å². The minimum atomic E-state index is -2.52. The van der Waals surface area contributed by atoms with Gasteiger partial charge in [0, 0.05) is 0 Å².